The molecule has 1 aromatic heterocycles. The Hall–Kier alpha value is -1.42. The number of carbonyl (C=O) groups excluding carboxylic acids is 1. The van der Waals surface area contributed by atoms with Gasteiger partial charge in [0.15, 0.2) is 0 Å². The number of aryl methyl sites for hydroxylation is 1. The van der Waals surface area contributed by atoms with Gasteiger partial charge in [-0.05, 0) is 37.3 Å². The summed E-state index contributed by atoms with van der Waals surface area (Å²) in [5.41, 5.74) is 7.16. The van der Waals surface area contributed by atoms with Crippen LogP contribution in [0.5, 0.6) is 0 Å². The summed E-state index contributed by atoms with van der Waals surface area (Å²) >= 11 is 0. The fourth-order valence-electron chi connectivity index (χ4n) is 1.59. The maximum atomic E-state index is 10.0. The first-order valence-corrected chi connectivity index (χ1v) is 5.64. The first kappa shape index (κ1) is 12.6. The van der Waals surface area contributed by atoms with E-state index in [1.807, 2.05) is 12.3 Å². The van der Waals surface area contributed by atoms with Crippen molar-refractivity contribution in [2.24, 2.45) is 5.73 Å². The number of aromatic nitrogens is 1. The highest BCUT2D eigenvalue weighted by molar-refractivity contribution is 5.45. The van der Waals surface area contributed by atoms with E-state index in [0.717, 1.165) is 25.7 Å². The summed E-state index contributed by atoms with van der Waals surface area (Å²) in [6.07, 6.45) is 8.28. The molecule has 0 fully saturated rings. The van der Waals surface area contributed by atoms with E-state index in [4.69, 9.17) is 5.73 Å². The predicted molar refractivity (Wildman–Crippen MR) is 63.8 cm³/mol. The van der Waals surface area contributed by atoms with E-state index in [-0.39, 0.29) is 6.04 Å². The van der Waals surface area contributed by atoms with Crippen molar-refractivity contribution in [2.45, 2.75) is 31.7 Å². The van der Waals surface area contributed by atoms with Crippen LogP contribution in [0.3, 0.4) is 0 Å². The Bertz CT molecular complexity index is 290. The minimum atomic E-state index is 0.170. The van der Waals surface area contributed by atoms with Gasteiger partial charge >= 0.3 is 0 Å². The fraction of sp³-hybridized carbons (Fsp3) is 0.500. The van der Waals surface area contributed by atoms with E-state index in [2.05, 4.69) is 16.4 Å². The molecule has 1 atom stereocenters. The average Bonchev–Trinajstić information content (AvgIpc) is 2.31. The van der Waals surface area contributed by atoms with Crippen LogP contribution in [0.1, 0.15) is 24.8 Å². The van der Waals surface area contributed by atoms with E-state index in [1.165, 1.54) is 5.56 Å². The monoisotopic (exact) mass is 221 g/mol. The van der Waals surface area contributed by atoms with Gasteiger partial charge < -0.3 is 11.1 Å². The smallest absolute Gasteiger partial charge is 0.207 e. The first-order valence-electron chi connectivity index (χ1n) is 5.64. The number of carbonyl (C=O) groups is 1. The molecule has 1 rings (SSSR count). The van der Waals surface area contributed by atoms with Crippen LogP contribution in [0.25, 0.3) is 0 Å². The lowest BCUT2D eigenvalue weighted by Gasteiger charge is -2.10. The molecule has 1 unspecified atom stereocenters. The lowest BCUT2D eigenvalue weighted by atomic mass is 10.0. The highest BCUT2D eigenvalue weighted by Gasteiger charge is 2.02. The van der Waals surface area contributed by atoms with Crippen LogP contribution >= 0.6 is 0 Å². The van der Waals surface area contributed by atoms with E-state index < -0.39 is 0 Å². The third-order valence-corrected chi connectivity index (χ3v) is 2.51. The van der Waals surface area contributed by atoms with Crippen LogP contribution in [0, 0.1) is 0 Å². The molecule has 16 heavy (non-hydrogen) atoms. The molecule has 0 aromatic carbocycles. The number of nitrogens with two attached hydrogens (primary N) is 1. The second-order valence-corrected chi connectivity index (χ2v) is 3.87. The van der Waals surface area contributed by atoms with Crippen molar-refractivity contribution < 1.29 is 4.79 Å². The summed E-state index contributed by atoms with van der Waals surface area (Å²) in [6, 6.07) is 4.19. The summed E-state index contributed by atoms with van der Waals surface area (Å²) in [5.74, 6) is 0. The maximum absolute atomic E-state index is 10.0. The Kier molecular flexibility index (Phi) is 6.18. The molecular formula is C12H19N3O. The Labute approximate surface area is 96.3 Å². The minimum Gasteiger partial charge on any atom is -0.359 e. The molecule has 0 aliphatic carbocycles. The quantitative estimate of drug-likeness (QED) is 0.505. The molecular weight excluding hydrogens is 202 g/mol. The molecule has 1 amide bonds. The van der Waals surface area contributed by atoms with E-state index in [0.29, 0.717) is 13.0 Å². The highest BCUT2D eigenvalue weighted by atomic mass is 16.1. The number of pyridine rings is 1. The number of hydrogen-bond donors (Lipinski definition) is 2. The number of amides is 1. The number of rotatable bonds is 8. The van der Waals surface area contributed by atoms with Gasteiger partial charge in [-0.2, -0.15) is 0 Å². The van der Waals surface area contributed by atoms with Crippen LogP contribution in [0.15, 0.2) is 24.5 Å². The normalized spacial score (nSPS) is 12.1. The lowest BCUT2D eigenvalue weighted by Crippen LogP contribution is -2.26. The van der Waals surface area contributed by atoms with Crippen LogP contribution in [-0.4, -0.2) is 24.0 Å². The molecule has 88 valence electrons. The molecule has 4 nitrogen and oxygen atoms in total. The lowest BCUT2D eigenvalue weighted by molar-refractivity contribution is -0.109. The number of hydrogen-bond acceptors (Lipinski definition) is 3. The van der Waals surface area contributed by atoms with Crippen molar-refractivity contribution in [1.29, 1.82) is 0 Å². The Morgan fingerprint density at radius 2 is 2.38 bits per heavy atom. The molecule has 3 N–H and O–H groups in total. The largest absolute Gasteiger partial charge is 0.359 e. The van der Waals surface area contributed by atoms with E-state index >= 15 is 0 Å². The number of nitrogens with zero attached hydrogens (tertiary/aromatic N) is 1. The molecule has 1 aromatic rings. The van der Waals surface area contributed by atoms with Crippen molar-refractivity contribution in [3.05, 3.63) is 30.1 Å². The van der Waals surface area contributed by atoms with Gasteiger partial charge in [-0.3, -0.25) is 9.78 Å². The van der Waals surface area contributed by atoms with Gasteiger partial charge in [0, 0.05) is 25.0 Å². The van der Waals surface area contributed by atoms with Gasteiger partial charge in [0.05, 0.1) is 0 Å². The van der Waals surface area contributed by atoms with Gasteiger partial charge in [0.1, 0.15) is 0 Å². The summed E-state index contributed by atoms with van der Waals surface area (Å²) in [7, 11) is 0. The molecule has 0 aliphatic heterocycles. The van der Waals surface area contributed by atoms with Gasteiger partial charge in [-0.25, -0.2) is 0 Å². The molecule has 0 saturated heterocycles. The van der Waals surface area contributed by atoms with E-state index in [1.54, 1.807) is 6.20 Å². The van der Waals surface area contributed by atoms with Crippen LogP contribution < -0.4 is 11.1 Å². The zero-order valence-corrected chi connectivity index (χ0v) is 9.43. The van der Waals surface area contributed by atoms with Crippen LogP contribution in [0.4, 0.5) is 0 Å². The SMILES string of the molecule is NC(CCCc1cccnc1)CCNC=O. The third-order valence-electron chi connectivity index (χ3n) is 2.51. The molecule has 0 aliphatic rings. The average molecular weight is 221 g/mol. The zero-order chi connectivity index (χ0) is 11.6. The van der Waals surface area contributed by atoms with Crippen molar-refractivity contribution >= 4 is 6.41 Å². The maximum Gasteiger partial charge on any atom is 0.207 e. The Balaban J connectivity index is 2.08. The standard InChI is InChI=1S/C12H19N3O/c13-12(6-8-15-10-16)5-1-3-11-4-2-7-14-9-11/h2,4,7,9-10,12H,1,3,5-6,8,13H2,(H,15,16). The summed E-state index contributed by atoms with van der Waals surface area (Å²) < 4.78 is 0. The Morgan fingerprint density at radius 3 is 3.06 bits per heavy atom. The Morgan fingerprint density at radius 1 is 1.50 bits per heavy atom. The third kappa shape index (κ3) is 5.46. The van der Waals surface area contributed by atoms with E-state index in [9.17, 15) is 4.79 Å². The molecule has 0 spiro atoms. The van der Waals surface area contributed by atoms with Crippen LogP contribution in [-0.2, 0) is 11.2 Å². The second-order valence-electron chi connectivity index (χ2n) is 3.87. The van der Waals surface area contributed by atoms with Crippen molar-refractivity contribution in [3.63, 3.8) is 0 Å². The van der Waals surface area contributed by atoms with Crippen LogP contribution in [0.2, 0.25) is 0 Å². The summed E-state index contributed by atoms with van der Waals surface area (Å²) in [6.45, 7) is 0.664. The second kappa shape index (κ2) is 7.82. The molecule has 4 heteroatoms. The summed E-state index contributed by atoms with van der Waals surface area (Å²) in [5, 5.41) is 2.62. The zero-order valence-electron chi connectivity index (χ0n) is 9.43. The van der Waals surface area contributed by atoms with Crippen molar-refractivity contribution in [2.75, 3.05) is 6.54 Å². The molecule has 0 bridgehead atoms. The molecule has 0 radical (unpaired) electrons. The predicted octanol–water partition coefficient (Wildman–Crippen LogP) is 0.868. The van der Waals surface area contributed by atoms with Gasteiger partial charge in [0.25, 0.3) is 0 Å². The minimum absolute atomic E-state index is 0.170. The van der Waals surface area contributed by atoms with Crippen molar-refractivity contribution in [3.8, 4) is 0 Å². The highest BCUT2D eigenvalue weighted by Crippen LogP contribution is 2.05. The molecule has 1 heterocycles. The van der Waals surface area contributed by atoms with Gasteiger partial charge in [0.2, 0.25) is 6.41 Å². The topological polar surface area (TPSA) is 68.0 Å². The number of nitrogens with one attached hydrogen (secondary N) is 1. The molecule has 0 saturated carbocycles. The van der Waals surface area contributed by atoms with Gasteiger partial charge in [-0.15, -0.1) is 0 Å². The first-order chi connectivity index (χ1) is 7.83. The van der Waals surface area contributed by atoms with Crippen molar-refractivity contribution in [1.82, 2.24) is 10.3 Å². The van der Waals surface area contributed by atoms with Gasteiger partial charge in [-0.1, -0.05) is 6.07 Å². The fourth-order valence-corrected chi connectivity index (χ4v) is 1.59. The summed E-state index contributed by atoms with van der Waals surface area (Å²) in [4.78, 5) is 14.1.